The predicted octanol–water partition coefficient (Wildman–Crippen LogP) is 3.19. The maximum atomic E-state index is 13.6. The molecule has 0 aromatic carbocycles. The molecule has 0 aliphatic carbocycles. The number of nitrogens with zero attached hydrogens (tertiary/aromatic N) is 4. The number of rotatable bonds is 2. The molecule has 0 unspecified atom stereocenters. The van der Waals surface area contributed by atoms with Crippen LogP contribution in [0.2, 0.25) is 10.0 Å². The number of hydrogen-bond acceptors (Lipinski definition) is 4. The van der Waals surface area contributed by atoms with E-state index in [0.29, 0.717) is 17.6 Å². The summed E-state index contributed by atoms with van der Waals surface area (Å²) in [6, 6.07) is 0.995. The molecule has 1 saturated heterocycles. The van der Waals surface area contributed by atoms with E-state index in [9.17, 15) is 18.0 Å². The third-order valence-electron chi connectivity index (χ3n) is 3.77. The highest BCUT2D eigenvalue weighted by molar-refractivity contribution is 6.35. The van der Waals surface area contributed by atoms with E-state index < -0.39 is 23.3 Å². The molecule has 6 nitrogen and oxygen atoms in total. The van der Waals surface area contributed by atoms with Crippen LogP contribution in [0.5, 0.6) is 0 Å². The SMILES string of the molecule is Cl.N[C@@H]1CCN(C(=O)c2cnn(-c3ncc(Cl)cc3Cl)c2C(F)(F)F)C1. The molecule has 142 valence electrons. The molecule has 1 aliphatic rings. The molecule has 3 heterocycles. The fourth-order valence-electron chi connectivity index (χ4n) is 2.64. The number of carbonyl (C=O) groups is 1. The van der Waals surface area contributed by atoms with Crippen LogP contribution in [0, 0.1) is 0 Å². The first kappa shape index (κ1) is 20.8. The average molecular weight is 431 g/mol. The average Bonchev–Trinajstić information content (AvgIpc) is 3.12. The van der Waals surface area contributed by atoms with Crippen molar-refractivity contribution in [3.8, 4) is 5.82 Å². The number of hydrogen-bond donors (Lipinski definition) is 1. The fourth-order valence-corrected chi connectivity index (χ4v) is 3.10. The van der Waals surface area contributed by atoms with Gasteiger partial charge in [0.15, 0.2) is 11.5 Å². The van der Waals surface area contributed by atoms with Gasteiger partial charge >= 0.3 is 6.18 Å². The number of alkyl halides is 3. The van der Waals surface area contributed by atoms with Crippen molar-refractivity contribution in [2.45, 2.75) is 18.6 Å². The second kappa shape index (κ2) is 7.59. The Balaban J connectivity index is 0.00000243. The third-order valence-corrected chi connectivity index (χ3v) is 4.25. The van der Waals surface area contributed by atoms with Crippen molar-refractivity contribution in [2.24, 2.45) is 5.73 Å². The maximum absolute atomic E-state index is 13.6. The Morgan fingerprint density at radius 3 is 2.54 bits per heavy atom. The number of aromatic nitrogens is 3. The number of likely N-dealkylation sites (tertiary alicyclic amines) is 1. The summed E-state index contributed by atoms with van der Waals surface area (Å²) in [5.41, 5.74) is 3.90. The minimum Gasteiger partial charge on any atom is -0.337 e. The van der Waals surface area contributed by atoms with Crippen molar-refractivity contribution in [3.05, 3.63) is 39.8 Å². The van der Waals surface area contributed by atoms with Crippen LogP contribution in [0.3, 0.4) is 0 Å². The topological polar surface area (TPSA) is 77.0 Å². The number of pyridine rings is 1. The normalized spacial score (nSPS) is 17.3. The van der Waals surface area contributed by atoms with Crippen LogP contribution >= 0.6 is 35.6 Å². The zero-order chi connectivity index (χ0) is 18.4. The van der Waals surface area contributed by atoms with E-state index in [1.807, 2.05) is 0 Å². The summed E-state index contributed by atoms with van der Waals surface area (Å²) in [6.07, 6.45) is -2.30. The highest BCUT2D eigenvalue weighted by Crippen LogP contribution is 2.35. The van der Waals surface area contributed by atoms with Gasteiger partial charge in [0.05, 0.1) is 21.8 Å². The molecular weight excluding hydrogens is 418 g/mol. The van der Waals surface area contributed by atoms with Gasteiger partial charge in [-0.05, 0) is 12.5 Å². The standard InChI is InChI=1S/C14H12Cl2F3N5O.ClH/c15-7-3-10(16)12(21-4-7)24-11(14(17,18)19)9(5-22-24)13(25)23-2-1-8(20)6-23;/h3-5,8H,1-2,6,20H2;1H/t8-;/m1./s1. The molecule has 2 aromatic heterocycles. The lowest BCUT2D eigenvalue weighted by Gasteiger charge is -2.17. The van der Waals surface area contributed by atoms with Gasteiger partial charge in [-0.1, -0.05) is 23.2 Å². The summed E-state index contributed by atoms with van der Waals surface area (Å²) in [6.45, 7) is 0.490. The van der Waals surface area contributed by atoms with Gasteiger partial charge in [-0.3, -0.25) is 4.79 Å². The van der Waals surface area contributed by atoms with Gasteiger partial charge in [0.25, 0.3) is 5.91 Å². The summed E-state index contributed by atoms with van der Waals surface area (Å²) in [5.74, 6) is -1.05. The van der Waals surface area contributed by atoms with Crippen LogP contribution in [0.1, 0.15) is 22.5 Å². The van der Waals surface area contributed by atoms with Crippen molar-refractivity contribution >= 4 is 41.5 Å². The second-order valence-electron chi connectivity index (χ2n) is 5.58. The molecule has 1 fully saturated rings. The molecule has 3 rings (SSSR count). The lowest BCUT2D eigenvalue weighted by atomic mass is 10.2. The number of carbonyl (C=O) groups excluding carboxylic acids is 1. The first-order valence-electron chi connectivity index (χ1n) is 7.20. The summed E-state index contributed by atoms with van der Waals surface area (Å²) < 4.78 is 41.3. The zero-order valence-electron chi connectivity index (χ0n) is 13.0. The van der Waals surface area contributed by atoms with E-state index in [1.54, 1.807) is 0 Å². The van der Waals surface area contributed by atoms with Crippen LogP contribution < -0.4 is 5.73 Å². The Hall–Kier alpha value is -1.55. The summed E-state index contributed by atoms with van der Waals surface area (Å²) in [7, 11) is 0. The lowest BCUT2D eigenvalue weighted by Crippen LogP contribution is -2.33. The molecule has 0 spiro atoms. The first-order chi connectivity index (χ1) is 11.7. The second-order valence-corrected chi connectivity index (χ2v) is 6.42. The van der Waals surface area contributed by atoms with Crippen LogP contribution in [0.25, 0.3) is 5.82 Å². The molecule has 12 heteroatoms. The van der Waals surface area contributed by atoms with Gasteiger partial charge in [-0.25, -0.2) is 9.67 Å². The Morgan fingerprint density at radius 1 is 1.31 bits per heavy atom. The van der Waals surface area contributed by atoms with Gasteiger partial charge in [0, 0.05) is 25.3 Å². The largest absolute Gasteiger partial charge is 0.434 e. The van der Waals surface area contributed by atoms with E-state index in [2.05, 4.69) is 10.1 Å². The summed E-state index contributed by atoms with van der Waals surface area (Å²) in [5, 5.41) is 3.72. The molecule has 2 N–H and O–H groups in total. The quantitative estimate of drug-likeness (QED) is 0.794. The molecule has 1 atom stereocenters. The van der Waals surface area contributed by atoms with Crippen LogP contribution in [0.4, 0.5) is 13.2 Å². The third kappa shape index (κ3) is 3.90. The molecule has 0 bridgehead atoms. The zero-order valence-corrected chi connectivity index (χ0v) is 15.3. The molecule has 1 amide bonds. The van der Waals surface area contributed by atoms with Crippen molar-refractivity contribution in [1.82, 2.24) is 19.7 Å². The van der Waals surface area contributed by atoms with Crippen LogP contribution in [0.15, 0.2) is 18.5 Å². The molecule has 26 heavy (non-hydrogen) atoms. The van der Waals surface area contributed by atoms with Crippen LogP contribution in [-0.4, -0.2) is 44.7 Å². The Bertz CT molecular complexity index is 827. The van der Waals surface area contributed by atoms with E-state index in [-0.39, 0.29) is 40.9 Å². The highest BCUT2D eigenvalue weighted by atomic mass is 35.5. The lowest BCUT2D eigenvalue weighted by molar-refractivity contribution is -0.143. The first-order valence-corrected chi connectivity index (χ1v) is 7.95. The Labute approximate surface area is 162 Å². The fraction of sp³-hybridized carbons (Fsp3) is 0.357. The molecule has 2 aromatic rings. The van der Waals surface area contributed by atoms with Gasteiger partial charge in [-0.15, -0.1) is 12.4 Å². The molecular formula is C14H13Cl3F3N5O. The van der Waals surface area contributed by atoms with Crippen molar-refractivity contribution in [1.29, 1.82) is 0 Å². The summed E-state index contributed by atoms with van der Waals surface area (Å²) >= 11 is 11.7. The number of nitrogens with two attached hydrogens (primary N) is 1. The van der Waals surface area contributed by atoms with E-state index in [4.69, 9.17) is 28.9 Å². The highest BCUT2D eigenvalue weighted by Gasteiger charge is 2.42. The van der Waals surface area contributed by atoms with Crippen molar-refractivity contribution < 1.29 is 18.0 Å². The Kier molecular flexibility index (Phi) is 6.06. The molecule has 1 aliphatic heterocycles. The monoisotopic (exact) mass is 429 g/mol. The van der Waals surface area contributed by atoms with Crippen LogP contribution in [-0.2, 0) is 6.18 Å². The smallest absolute Gasteiger partial charge is 0.337 e. The van der Waals surface area contributed by atoms with E-state index >= 15 is 0 Å². The van der Waals surface area contributed by atoms with Gasteiger partial charge in [0.2, 0.25) is 0 Å². The van der Waals surface area contributed by atoms with Crippen molar-refractivity contribution in [2.75, 3.05) is 13.1 Å². The minimum absolute atomic E-state index is 0. The number of amides is 1. The summed E-state index contributed by atoms with van der Waals surface area (Å²) in [4.78, 5) is 17.6. The van der Waals surface area contributed by atoms with Crippen molar-refractivity contribution in [3.63, 3.8) is 0 Å². The molecule has 0 saturated carbocycles. The predicted molar refractivity (Wildman–Crippen MR) is 92.1 cm³/mol. The van der Waals surface area contributed by atoms with Gasteiger partial charge in [-0.2, -0.15) is 18.3 Å². The van der Waals surface area contributed by atoms with E-state index in [0.717, 1.165) is 12.4 Å². The van der Waals surface area contributed by atoms with Gasteiger partial charge in [0.1, 0.15) is 0 Å². The Morgan fingerprint density at radius 2 is 2.00 bits per heavy atom. The minimum atomic E-state index is -4.84. The number of halogens is 6. The molecule has 0 radical (unpaired) electrons. The van der Waals surface area contributed by atoms with Gasteiger partial charge < -0.3 is 10.6 Å². The van der Waals surface area contributed by atoms with E-state index in [1.165, 1.54) is 11.0 Å². The maximum Gasteiger partial charge on any atom is 0.434 e.